The fourth-order valence-electron chi connectivity index (χ4n) is 3.41. The van der Waals surface area contributed by atoms with Crippen LogP contribution in [0.1, 0.15) is 32.3 Å². The minimum absolute atomic E-state index is 0.0731. The number of carboxylic acid groups (broad SMARTS) is 1. The summed E-state index contributed by atoms with van der Waals surface area (Å²) in [5.41, 5.74) is 2.66. The van der Waals surface area contributed by atoms with Crippen LogP contribution in [0.4, 0.5) is 17.1 Å². The number of carboxylic acids is 1. The number of carbonyl (C=O) groups excluding carboxylic acids is 2. The highest BCUT2D eigenvalue weighted by molar-refractivity contribution is 6.36. The number of halogens is 2. The molecule has 0 saturated carbocycles. The molecule has 4 N–H and O–H groups in total. The third kappa shape index (κ3) is 6.02. The van der Waals surface area contributed by atoms with E-state index in [4.69, 9.17) is 23.2 Å². The summed E-state index contributed by atoms with van der Waals surface area (Å²) < 4.78 is 0. The normalized spacial score (nSPS) is 16.3. The zero-order valence-corrected chi connectivity index (χ0v) is 19.1. The van der Waals surface area contributed by atoms with Gasteiger partial charge in [0, 0.05) is 46.6 Å². The van der Waals surface area contributed by atoms with Gasteiger partial charge in [-0.1, -0.05) is 37.0 Å². The Kier molecular flexibility index (Phi) is 7.43. The van der Waals surface area contributed by atoms with Gasteiger partial charge in [0.15, 0.2) is 0 Å². The molecule has 0 fully saturated rings. The van der Waals surface area contributed by atoms with E-state index in [2.05, 4.69) is 16.0 Å². The van der Waals surface area contributed by atoms with Gasteiger partial charge in [0.05, 0.1) is 5.02 Å². The molecule has 1 unspecified atom stereocenters. The lowest BCUT2D eigenvalue weighted by molar-refractivity contribution is -0.137. The Balaban J connectivity index is 1.76. The SMILES string of the molecule is CC(C)CC(=O)Nc1ccc(NC(=O)C=C2CC(C(=O)O)Nc3cc(Cl)cc(Cl)c32)cc1. The summed E-state index contributed by atoms with van der Waals surface area (Å²) in [7, 11) is 0. The van der Waals surface area contributed by atoms with Gasteiger partial charge in [-0.05, 0) is 47.9 Å². The molecule has 1 aliphatic rings. The summed E-state index contributed by atoms with van der Waals surface area (Å²) in [4.78, 5) is 36.0. The Morgan fingerprint density at radius 1 is 1.12 bits per heavy atom. The van der Waals surface area contributed by atoms with Crippen LogP contribution in [0.15, 0.2) is 42.5 Å². The topological polar surface area (TPSA) is 108 Å². The maximum atomic E-state index is 12.6. The standard InChI is InChI=1S/C23H23Cl2N3O4/c1-12(2)7-20(29)26-15-3-5-16(6-4-15)27-21(30)9-13-8-19(23(31)32)28-18-11-14(24)10-17(25)22(13)18/h3-6,9-12,19,28H,7-8H2,1-2H3,(H,26,29)(H,27,30)(H,31,32). The van der Waals surface area contributed by atoms with Gasteiger partial charge < -0.3 is 21.1 Å². The minimum atomic E-state index is -1.05. The fraction of sp³-hybridized carbons (Fsp3) is 0.261. The zero-order chi connectivity index (χ0) is 23.4. The Bertz CT molecular complexity index is 1080. The number of hydrogen-bond acceptors (Lipinski definition) is 4. The summed E-state index contributed by atoms with van der Waals surface area (Å²) in [5, 5.41) is 18.6. The zero-order valence-electron chi connectivity index (χ0n) is 17.5. The Morgan fingerprint density at radius 3 is 2.34 bits per heavy atom. The summed E-state index contributed by atoms with van der Waals surface area (Å²) in [6.45, 7) is 3.93. The smallest absolute Gasteiger partial charge is 0.326 e. The first-order valence-electron chi connectivity index (χ1n) is 10.0. The summed E-state index contributed by atoms with van der Waals surface area (Å²) in [5.74, 6) is -1.30. The molecule has 0 spiro atoms. The van der Waals surface area contributed by atoms with Crippen molar-refractivity contribution in [2.75, 3.05) is 16.0 Å². The van der Waals surface area contributed by atoms with E-state index in [0.29, 0.717) is 44.7 Å². The van der Waals surface area contributed by atoms with Gasteiger partial charge in [-0.25, -0.2) is 4.79 Å². The molecule has 1 aliphatic heterocycles. The van der Waals surface area contributed by atoms with E-state index in [9.17, 15) is 19.5 Å². The van der Waals surface area contributed by atoms with Crippen LogP contribution in [0, 0.1) is 5.92 Å². The third-order valence-corrected chi connectivity index (χ3v) is 5.28. The number of fused-ring (bicyclic) bond motifs is 1. The largest absolute Gasteiger partial charge is 0.480 e. The summed E-state index contributed by atoms with van der Waals surface area (Å²) in [6, 6.07) is 8.94. The molecular formula is C23H23Cl2N3O4. The number of aliphatic carboxylic acids is 1. The number of amides is 2. The van der Waals surface area contributed by atoms with E-state index in [1.807, 2.05) is 13.8 Å². The molecule has 3 rings (SSSR count). The van der Waals surface area contributed by atoms with Crippen LogP contribution >= 0.6 is 23.2 Å². The van der Waals surface area contributed by atoms with E-state index in [0.717, 1.165) is 0 Å². The van der Waals surface area contributed by atoms with Gasteiger partial charge in [0.25, 0.3) is 0 Å². The quantitative estimate of drug-likeness (QED) is 0.425. The van der Waals surface area contributed by atoms with Crippen LogP contribution in [-0.4, -0.2) is 28.9 Å². The summed E-state index contributed by atoms with van der Waals surface area (Å²) in [6.07, 6.45) is 1.85. The van der Waals surface area contributed by atoms with Crippen LogP contribution in [0.25, 0.3) is 5.57 Å². The van der Waals surface area contributed by atoms with E-state index < -0.39 is 17.9 Å². The van der Waals surface area contributed by atoms with Crippen molar-refractivity contribution >= 4 is 63.6 Å². The molecule has 0 radical (unpaired) electrons. The monoisotopic (exact) mass is 475 g/mol. The lowest BCUT2D eigenvalue weighted by atomic mass is 9.92. The molecule has 1 atom stereocenters. The second kappa shape index (κ2) is 10.1. The van der Waals surface area contributed by atoms with Crippen molar-refractivity contribution in [2.45, 2.75) is 32.7 Å². The predicted molar refractivity (Wildman–Crippen MR) is 127 cm³/mol. The maximum Gasteiger partial charge on any atom is 0.326 e. The van der Waals surface area contributed by atoms with E-state index in [1.54, 1.807) is 36.4 Å². The number of nitrogens with one attached hydrogen (secondary N) is 3. The van der Waals surface area contributed by atoms with E-state index >= 15 is 0 Å². The molecule has 0 aromatic heterocycles. The van der Waals surface area contributed by atoms with Gasteiger partial charge in [-0.15, -0.1) is 0 Å². The third-order valence-electron chi connectivity index (χ3n) is 4.76. The lowest BCUT2D eigenvalue weighted by Crippen LogP contribution is -2.33. The average Bonchev–Trinajstić information content (AvgIpc) is 2.67. The predicted octanol–water partition coefficient (Wildman–Crippen LogP) is 5.27. The average molecular weight is 476 g/mol. The molecule has 2 aromatic rings. The minimum Gasteiger partial charge on any atom is -0.480 e. The van der Waals surface area contributed by atoms with Crippen LogP contribution in [0.2, 0.25) is 10.0 Å². The molecule has 2 aromatic carbocycles. The first kappa shape index (κ1) is 23.6. The summed E-state index contributed by atoms with van der Waals surface area (Å²) >= 11 is 12.4. The molecule has 1 heterocycles. The number of benzene rings is 2. The van der Waals surface area contributed by atoms with Crippen LogP contribution in [-0.2, 0) is 14.4 Å². The maximum absolute atomic E-state index is 12.6. The van der Waals surface area contributed by atoms with Gasteiger partial charge in [0.1, 0.15) is 6.04 Å². The highest BCUT2D eigenvalue weighted by Crippen LogP contribution is 2.40. The lowest BCUT2D eigenvalue weighted by Gasteiger charge is -2.27. The highest BCUT2D eigenvalue weighted by Gasteiger charge is 2.29. The van der Waals surface area contributed by atoms with Crippen molar-refractivity contribution in [1.82, 2.24) is 0 Å². The number of hydrogen-bond donors (Lipinski definition) is 4. The Hall–Kier alpha value is -3.03. The van der Waals surface area contributed by atoms with Gasteiger partial charge in [-0.3, -0.25) is 9.59 Å². The van der Waals surface area contributed by atoms with Crippen LogP contribution < -0.4 is 16.0 Å². The van der Waals surface area contributed by atoms with Crippen molar-refractivity contribution in [2.24, 2.45) is 5.92 Å². The van der Waals surface area contributed by atoms with Crippen molar-refractivity contribution in [3.63, 3.8) is 0 Å². The molecule has 2 amide bonds. The van der Waals surface area contributed by atoms with Gasteiger partial charge in [0.2, 0.25) is 11.8 Å². The second-order valence-corrected chi connectivity index (χ2v) is 8.78. The molecule has 7 nitrogen and oxygen atoms in total. The second-order valence-electron chi connectivity index (χ2n) is 7.93. The molecule has 0 bridgehead atoms. The van der Waals surface area contributed by atoms with Gasteiger partial charge in [-0.2, -0.15) is 0 Å². The molecule has 0 aliphatic carbocycles. The number of carbonyl (C=O) groups is 3. The van der Waals surface area contributed by atoms with E-state index in [1.165, 1.54) is 6.08 Å². The molecule has 32 heavy (non-hydrogen) atoms. The first-order chi connectivity index (χ1) is 15.1. The fourth-order valence-corrected chi connectivity index (χ4v) is 4.03. The van der Waals surface area contributed by atoms with Gasteiger partial charge >= 0.3 is 5.97 Å². The highest BCUT2D eigenvalue weighted by atomic mass is 35.5. The molecular weight excluding hydrogens is 453 g/mol. The molecule has 0 saturated heterocycles. The molecule has 9 heteroatoms. The van der Waals surface area contributed by atoms with Crippen LogP contribution in [0.5, 0.6) is 0 Å². The number of rotatable bonds is 6. The Morgan fingerprint density at radius 2 is 1.75 bits per heavy atom. The van der Waals surface area contributed by atoms with Crippen molar-refractivity contribution < 1.29 is 19.5 Å². The van der Waals surface area contributed by atoms with E-state index in [-0.39, 0.29) is 18.2 Å². The Labute approximate surface area is 195 Å². The van der Waals surface area contributed by atoms with Crippen LogP contribution in [0.3, 0.4) is 0 Å². The number of anilines is 3. The first-order valence-corrected chi connectivity index (χ1v) is 10.8. The molecule has 168 valence electrons. The van der Waals surface area contributed by atoms with Crippen molar-refractivity contribution in [3.8, 4) is 0 Å². The van der Waals surface area contributed by atoms with Crippen molar-refractivity contribution in [3.05, 3.63) is 58.1 Å². The van der Waals surface area contributed by atoms with Crippen molar-refractivity contribution in [1.29, 1.82) is 0 Å².